The molecule has 2 heterocycles. The predicted molar refractivity (Wildman–Crippen MR) is 112 cm³/mol. The Kier molecular flexibility index (Phi) is 7.01. The molecular weight excluding hydrogens is 445 g/mol. The second kappa shape index (κ2) is 9.73. The van der Waals surface area contributed by atoms with E-state index in [0.29, 0.717) is 16.5 Å². The lowest BCUT2D eigenvalue weighted by Gasteiger charge is -2.30. The number of hydrogen-bond acceptors (Lipinski definition) is 6. The zero-order valence-corrected chi connectivity index (χ0v) is 17.5. The van der Waals surface area contributed by atoms with Gasteiger partial charge in [-0.15, -0.1) is 0 Å². The standard InChI is InChI=1S/C20H21F3N6O4/c1-20(2,32)16(10-3-5-11(21)6-4-10)26-18(30)25-15-7-13-12(8-24-15)17(29-28-13)27-19(31)33-9-14(22)23/h3-8,14,16,32H,9H2,1-2H3,(H2,24,25,26,30)(H2,27,28,29,31). The SMILES string of the molecule is CC(C)(O)C(NC(=O)Nc1cc2[nH]nc(NC(=O)OCC(F)F)c2cn1)c1ccc(F)cc1. The van der Waals surface area contributed by atoms with Crippen molar-refractivity contribution in [1.29, 1.82) is 0 Å². The number of fused-ring (bicyclic) bond motifs is 1. The normalized spacial score (nSPS) is 12.5. The summed E-state index contributed by atoms with van der Waals surface area (Å²) in [5.74, 6) is -0.332. The third-order valence-electron chi connectivity index (χ3n) is 4.43. The number of rotatable bonds is 7. The molecule has 0 spiro atoms. The van der Waals surface area contributed by atoms with Gasteiger partial charge in [-0.05, 0) is 31.5 Å². The summed E-state index contributed by atoms with van der Waals surface area (Å²) in [6.45, 7) is 1.94. The fourth-order valence-corrected chi connectivity index (χ4v) is 2.95. The molecule has 3 aromatic rings. The van der Waals surface area contributed by atoms with E-state index in [1.165, 1.54) is 50.4 Å². The number of ether oxygens (including phenoxy) is 1. The van der Waals surface area contributed by atoms with Crippen molar-refractivity contribution in [1.82, 2.24) is 20.5 Å². The van der Waals surface area contributed by atoms with Crippen LogP contribution in [-0.4, -0.2) is 51.0 Å². The van der Waals surface area contributed by atoms with Crippen molar-refractivity contribution in [3.05, 3.63) is 47.9 Å². The van der Waals surface area contributed by atoms with Gasteiger partial charge >= 0.3 is 12.1 Å². The highest BCUT2D eigenvalue weighted by atomic mass is 19.3. The summed E-state index contributed by atoms with van der Waals surface area (Å²) in [6, 6.07) is 5.22. The molecule has 0 fully saturated rings. The number of carbonyl (C=O) groups is 2. The monoisotopic (exact) mass is 466 g/mol. The van der Waals surface area contributed by atoms with Gasteiger partial charge in [-0.1, -0.05) is 12.1 Å². The molecule has 13 heteroatoms. The Morgan fingerprint density at radius 3 is 2.55 bits per heavy atom. The molecule has 3 rings (SSSR count). The van der Waals surface area contributed by atoms with Crippen LogP contribution in [0.25, 0.3) is 10.9 Å². The first-order chi connectivity index (χ1) is 15.5. The molecule has 0 aliphatic rings. The van der Waals surface area contributed by atoms with Crippen LogP contribution in [0.3, 0.4) is 0 Å². The third kappa shape index (κ3) is 6.32. The summed E-state index contributed by atoms with van der Waals surface area (Å²) >= 11 is 0. The van der Waals surface area contributed by atoms with E-state index in [9.17, 15) is 27.9 Å². The molecule has 2 aromatic heterocycles. The molecule has 0 aliphatic carbocycles. The van der Waals surface area contributed by atoms with E-state index in [1.807, 2.05) is 0 Å². The minimum atomic E-state index is -2.80. The quantitative estimate of drug-likeness (QED) is 0.361. The maximum absolute atomic E-state index is 13.2. The molecule has 0 bridgehead atoms. The highest BCUT2D eigenvalue weighted by molar-refractivity contribution is 5.98. The smallest absolute Gasteiger partial charge is 0.413 e. The number of pyridine rings is 1. The van der Waals surface area contributed by atoms with Crippen LogP contribution in [0.5, 0.6) is 0 Å². The van der Waals surface area contributed by atoms with Crippen LogP contribution in [0.15, 0.2) is 36.5 Å². The minimum Gasteiger partial charge on any atom is -0.443 e. The molecule has 1 atom stereocenters. The molecule has 0 saturated heterocycles. The van der Waals surface area contributed by atoms with Crippen molar-refractivity contribution in [2.45, 2.75) is 31.9 Å². The largest absolute Gasteiger partial charge is 0.443 e. The van der Waals surface area contributed by atoms with Gasteiger partial charge in [0.15, 0.2) is 12.4 Å². The molecule has 0 saturated carbocycles. The number of amides is 3. The first-order valence-corrected chi connectivity index (χ1v) is 9.64. The molecule has 3 amide bonds. The zero-order valence-electron chi connectivity index (χ0n) is 17.5. The Labute approximate surface area is 185 Å². The fraction of sp³-hybridized carbons (Fsp3) is 0.300. The number of nitrogens with one attached hydrogen (secondary N) is 4. The molecule has 0 aliphatic heterocycles. The number of aromatic nitrogens is 3. The van der Waals surface area contributed by atoms with Gasteiger partial charge in [0.25, 0.3) is 6.43 Å². The first-order valence-electron chi connectivity index (χ1n) is 9.64. The highest BCUT2D eigenvalue weighted by Gasteiger charge is 2.30. The molecular formula is C20H21F3N6O4. The molecule has 1 unspecified atom stereocenters. The Morgan fingerprint density at radius 2 is 1.91 bits per heavy atom. The number of anilines is 2. The van der Waals surface area contributed by atoms with E-state index in [2.05, 4.69) is 35.9 Å². The summed E-state index contributed by atoms with van der Waals surface area (Å²) in [7, 11) is 0. The van der Waals surface area contributed by atoms with Crippen molar-refractivity contribution in [3.63, 3.8) is 0 Å². The number of benzene rings is 1. The topological polar surface area (TPSA) is 141 Å². The van der Waals surface area contributed by atoms with E-state index in [0.717, 1.165) is 0 Å². The number of hydrogen-bond donors (Lipinski definition) is 5. The van der Waals surface area contributed by atoms with Gasteiger partial charge in [0.05, 0.1) is 22.5 Å². The van der Waals surface area contributed by atoms with Gasteiger partial charge in [0.1, 0.15) is 11.6 Å². The van der Waals surface area contributed by atoms with Gasteiger partial charge in [0.2, 0.25) is 0 Å². The maximum Gasteiger partial charge on any atom is 0.413 e. The Balaban J connectivity index is 1.69. The van der Waals surface area contributed by atoms with Gasteiger partial charge in [-0.3, -0.25) is 15.7 Å². The van der Waals surface area contributed by atoms with Gasteiger partial charge in [-0.2, -0.15) is 5.10 Å². The number of aromatic amines is 1. The number of halogens is 3. The lowest BCUT2D eigenvalue weighted by atomic mass is 9.92. The van der Waals surface area contributed by atoms with Crippen LogP contribution < -0.4 is 16.0 Å². The Bertz CT molecular complexity index is 1130. The first kappa shape index (κ1) is 23.8. The lowest BCUT2D eigenvalue weighted by Crippen LogP contribution is -2.44. The predicted octanol–water partition coefficient (Wildman–Crippen LogP) is 3.54. The van der Waals surface area contributed by atoms with E-state index >= 15 is 0 Å². The van der Waals surface area contributed by atoms with Crippen molar-refractivity contribution in [2.75, 3.05) is 17.2 Å². The van der Waals surface area contributed by atoms with Crippen molar-refractivity contribution >= 4 is 34.7 Å². The number of urea groups is 1. The molecule has 0 radical (unpaired) electrons. The van der Waals surface area contributed by atoms with E-state index in [1.54, 1.807) is 0 Å². The van der Waals surface area contributed by atoms with Crippen LogP contribution in [0, 0.1) is 5.82 Å². The Hall–Kier alpha value is -3.87. The van der Waals surface area contributed by atoms with Crippen LogP contribution in [0.4, 0.5) is 34.4 Å². The summed E-state index contributed by atoms with van der Waals surface area (Å²) in [5.41, 5.74) is -0.498. The summed E-state index contributed by atoms with van der Waals surface area (Å²) in [4.78, 5) is 28.1. The fourth-order valence-electron chi connectivity index (χ4n) is 2.95. The zero-order chi connectivity index (χ0) is 24.2. The van der Waals surface area contributed by atoms with Crippen LogP contribution >= 0.6 is 0 Å². The van der Waals surface area contributed by atoms with Gasteiger partial charge in [0, 0.05) is 12.3 Å². The van der Waals surface area contributed by atoms with Crippen molar-refractivity contribution in [2.24, 2.45) is 0 Å². The number of H-pyrrole nitrogens is 1. The van der Waals surface area contributed by atoms with Crippen molar-refractivity contribution in [3.8, 4) is 0 Å². The van der Waals surface area contributed by atoms with Crippen molar-refractivity contribution < 1.29 is 32.6 Å². The number of alkyl halides is 2. The maximum atomic E-state index is 13.2. The third-order valence-corrected chi connectivity index (χ3v) is 4.43. The average Bonchev–Trinajstić information content (AvgIpc) is 3.12. The minimum absolute atomic E-state index is 0.00571. The molecule has 33 heavy (non-hydrogen) atoms. The van der Waals surface area contributed by atoms with E-state index in [-0.39, 0.29) is 11.6 Å². The Morgan fingerprint density at radius 1 is 1.21 bits per heavy atom. The van der Waals surface area contributed by atoms with E-state index in [4.69, 9.17) is 0 Å². The highest BCUT2D eigenvalue weighted by Crippen LogP contribution is 2.26. The number of aliphatic hydroxyl groups is 1. The summed E-state index contributed by atoms with van der Waals surface area (Å²) < 4.78 is 41.8. The van der Waals surface area contributed by atoms with Crippen LogP contribution in [-0.2, 0) is 4.74 Å². The van der Waals surface area contributed by atoms with Gasteiger partial charge in [-0.25, -0.2) is 27.7 Å². The van der Waals surface area contributed by atoms with Gasteiger partial charge < -0.3 is 15.2 Å². The molecule has 10 nitrogen and oxygen atoms in total. The number of carbonyl (C=O) groups excluding carboxylic acids is 2. The second-order valence-corrected chi connectivity index (χ2v) is 7.54. The van der Waals surface area contributed by atoms with Crippen LogP contribution in [0.1, 0.15) is 25.5 Å². The average molecular weight is 466 g/mol. The summed E-state index contributed by atoms with van der Waals surface area (Å²) in [6.07, 6.45) is -2.61. The molecule has 176 valence electrons. The molecule has 5 N–H and O–H groups in total. The van der Waals surface area contributed by atoms with Crippen LogP contribution in [0.2, 0.25) is 0 Å². The van der Waals surface area contributed by atoms with E-state index < -0.39 is 42.6 Å². The lowest BCUT2D eigenvalue weighted by molar-refractivity contribution is 0.0415. The second-order valence-electron chi connectivity index (χ2n) is 7.54. The summed E-state index contributed by atoms with van der Waals surface area (Å²) in [5, 5.41) is 24.6. The number of nitrogens with zero attached hydrogens (tertiary/aromatic N) is 2. The molecule has 1 aromatic carbocycles.